The minimum atomic E-state index is -0.250. The van der Waals surface area contributed by atoms with Gasteiger partial charge in [-0.3, -0.25) is 38.8 Å². The van der Waals surface area contributed by atoms with Crippen LogP contribution in [-0.4, -0.2) is 120 Å². The van der Waals surface area contributed by atoms with Crippen LogP contribution in [0.1, 0.15) is 25.7 Å². The second-order valence-electron chi connectivity index (χ2n) is 11.0. The number of amides is 4. The van der Waals surface area contributed by atoms with Gasteiger partial charge in [0.25, 0.3) is 0 Å². The Morgan fingerprint density at radius 2 is 0.794 bits per heavy atom. The molecule has 10 heteroatoms. The maximum atomic E-state index is 12.8. The number of likely N-dealkylation sites (tertiary alicyclic amines) is 2. The summed E-state index contributed by atoms with van der Waals surface area (Å²) in [5.41, 5.74) is 0. The second-order valence-corrected chi connectivity index (χ2v) is 11.0. The molecular weight excluding hydrogens is 440 g/mol. The summed E-state index contributed by atoms with van der Waals surface area (Å²) in [6.45, 7) is 5.69. The molecule has 4 amide bonds. The largest absolute Gasteiger partial charge is 0.373 e. The van der Waals surface area contributed by atoms with Crippen molar-refractivity contribution in [1.29, 1.82) is 0 Å². The van der Waals surface area contributed by atoms with E-state index in [0.29, 0.717) is 26.2 Å². The predicted molar refractivity (Wildman–Crippen MR) is 116 cm³/mol. The summed E-state index contributed by atoms with van der Waals surface area (Å²) >= 11 is 0. The molecule has 184 valence electrons. The topological polar surface area (TPSA) is 99.7 Å². The fourth-order valence-electron chi connectivity index (χ4n) is 7.71. The molecule has 34 heavy (non-hydrogen) atoms. The summed E-state index contributed by atoms with van der Waals surface area (Å²) in [6.07, 6.45) is 3.34. The molecule has 0 aromatic carbocycles. The number of imide groups is 2. The summed E-state index contributed by atoms with van der Waals surface area (Å²) in [7, 11) is 0. The molecule has 7 heterocycles. The molecular formula is C24H32N4O6. The molecule has 0 spiro atoms. The summed E-state index contributed by atoms with van der Waals surface area (Å²) in [5, 5.41) is 0. The molecule has 0 aromatic heterocycles. The maximum absolute atomic E-state index is 12.8. The number of fused-ring (bicyclic) bond motifs is 10. The van der Waals surface area contributed by atoms with E-state index in [1.165, 1.54) is 9.80 Å². The maximum Gasteiger partial charge on any atom is 0.235 e. The number of piperazine rings is 1. The SMILES string of the molecule is O=C1C2C3CCC(O3)C2C(=O)N1CCN1CCN(CCN2C(=O)C3C4CCC(O4)C3C2=O)CC1. The number of carbonyl (C=O) groups is 4. The fraction of sp³-hybridized carbons (Fsp3) is 0.833. The third-order valence-corrected chi connectivity index (χ3v) is 9.50. The first-order valence-corrected chi connectivity index (χ1v) is 13.0. The zero-order valence-corrected chi connectivity index (χ0v) is 19.3. The Labute approximate surface area is 198 Å². The molecule has 4 bridgehead atoms. The van der Waals surface area contributed by atoms with Gasteiger partial charge in [-0.15, -0.1) is 0 Å². The minimum absolute atomic E-state index is 0.0376. The van der Waals surface area contributed by atoms with Crippen molar-refractivity contribution in [1.82, 2.24) is 19.6 Å². The van der Waals surface area contributed by atoms with E-state index < -0.39 is 0 Å². The van der Waals surface area contributed by atoms with Crippen LogP contribution in [0, 0.1) is 23.7 Å². The average molecular weight is 473 g/mol. The van der Waals surface area contributed by atoms with Crippen molar-refractivity contribution < 1.29 is 28.7 Å². The number of hydrogen-bond acceptors (Lipinski definition) is 8. The number of rotatable bonds is 6. The molecule has 0 N–H and O–H groups in total. The molecule has 0 aromatic rings. The first kappa shape index (κ1) is 21.4. The molecule has 7 aliphatic rings. The summed E-state index contributed by atoms with van der Waals surface area (Å²) in [4.78, 5) is 58.8. The molecule has 7 rings (SSSR count). The van der Waals surface area contributed by atoms with Crippen molar-refractivity contribution in [2.24, 2.45) is 23.7 Å². The normalized spacial score (nSPS) is 43.6. The van der Waals surface area contributed by atoms with Gasteiger partial charge in [-0.2, -0.15) is 0 Å². The number of ether oxygens (including phenoxy) is 2. The van der Waals surface area contributed by atoms with Gasteiger partial charge >= 0.3 is 0 Å². The van der Waals surface area contributed by atoms with E-state index in [1.807, 2.05) is 0 Å². The standard InChI is InChI=1S/C24H32N4O6/c29-21-17-13-1-2-14(33-13)18(17)22(30)27(21)11-9-25-5-7-26(8-6-25)10-12-28-23(31)19-15-3-4-16(34-15)20(19)24(28)32/h13-20H,1-12H2. The number of carbonyl (C=O) groups excluding carboxylic acids is 4. The van der Waals surface area contributed by atoms with Gasteiger partial charge in [-0.1, -0.05) is 0 Å². The van der Waals surface area contributed by atoms with Crippen LogP contribution in [0.25, 0.3) is 0 Å². The number of nitrogens with zero attached hydrogens (tertiary/aromatic N) is 4. The molecule has 8 unspecified atom stereocenters. The van der Waals surface area contributed by atoms with Crippen molar-refractivity contribution >= 4 is 23.6 Å². The van der Waals surface area contributed by atoms with Crippen LogP contribution in [-0.2, 0) is 28.7 Å². The highest BCUT2D eigenvalue weighted by atomic mass is 16.5. The van der Waals surface area contributed by atoms with E-state index in [4.69, 9.17) is 9.47 Å². The third kappa shape index (κ3) is 3.01. The van der Waals surface area contributed by atoms with Gasteiger partial charge in [0.2, 0.25) is 23.6 Å². The van der Waals surface area contributed by atoms with Gasteiger partial charge in [0.15, 0.2) is 0 Å². The fourth-order valence-corrected chi connectivity index (χ4v) is 7.71. The van der Waals surface area contributed by atoms with Crippen LogP contribution in [0.2, 0.25) is 0 Å². The summed E-state index contributed by atoms with van der Waals surface area (Å²) in [5.74, 6) is -1.15. The molecule has 7 fully saturated rings. The Balaban J connectivity index is 0.876. The van der Waals surface area contributed by atoms with E-state index in [0.717, 1.165) is 51.9 Å². The average Bonchev–Trinajstić information content (AvgIpc) is 3.67. The van der Waals surface area contributed by atoms with Gasteiger partial charge in [0.1, 0.15) is 0 Å². The van der Waals surface area contributed by atoms with E-state index >= 15 is 0 Å². The molecule has 7 saturated heterocycles. The van der Waals surface area contributed by atoms with Crippen LogP contribution in [0.5, 0.6) is 0 Å². The lowest BCUT2D eigenvalue weighted by molar-refractivity contribution is -0.144. The van der Waals surface area contributed by atoms with Crippen LogP contribution in [0.4, 0.5) is 0 Å². The Kier molecular flexibility index (Phi) is 4.92. The van der Waals surface area contributed by atoms with Crippen LogP contribution >= 0.6 is 0 Å². The summed E-state index contributed by atoms with van der Waals surface area (Å²) in [6, 6.07) is 0. The zero-order valence-electron chi connectivity index (χ0n) is 19.3. The van der Waals surface area contributed by atoms with Gasteiger partial charge < -0.3 is 9.47 Å². The van der Waals surface area contributed by atoms with Gasteiger partial charge in [-0.05, 0) is 25.7 Å². The Bertz CT molecular complexity index is 804. The van der Waals surface area contributed by atoms with Crippen molar-refractivity contribution in [3.05, 3.63) is 0 Å². The van der Waals surface area contributed by atoms with Gasteiger partial charge in [-0.25, -0.2) is 0 Å². The first-order chi connectivity index (χ1) is 16.5. The molecule has 0 radical (unpaired) electrons. The van der Waals surface area contributed by atoms with Gasteiger partial charge in [0.05, 0.1) is 48.1 Å². The lowest BCUT2D eigenvalue weighted by atomic mass is 9.81. The van der Waals surface area contributed by atoms with E-state index in [-0.39, 0.29) is 71.7 Å². The Morgan fingerprint density at radius 1 is 0.500 bits per heavy atom. The molecule has 0 saturated carbocycles. The Hall–Kier alpha value is -1.88. The highest BCUT2D eigenvalue weighted by Gasteiger charge is 2.63. The predicted octanol–water partition coefficient (Wildman–Crippen LogP) is -1.07. The van der Waals surface area contributed by atoms with Crippen LogP contribution < -0.4 is 0 Å². The lowest BCUT2D eigenvalue weighted by Crippen LogP contribution is -2.51. The van der Waals surface area contributed by atoms with Gasteiger partial charge in [0, 0.05) is 52.4 Å². The van der Waals surface area contributed by atoms with Crippen LogP contribution in [0.15, 0.2) is 0 Å². The first-order valence-electron chi connectivity index (χ1n) is 13.0. The number of hydrogen-bond donors (Lipinski definition) is 0. The second kappa shape index (κ2) is 7.81. The Morgan fingerprint density at radius 3 is 1.09 bits per heavy atom. The van der Waals surface area contributed by atoms with E-state index in [2.05, 4.69) is 9.80 Å². The van der Waals surface area contributed by atoms with Crippen molar-refractivity contribution in [3.8, 4) is 0 Å². The quantitative estimate of drug-likeness (QED) is 0.451. The van der Waals surface area contributed by atoms with Crippen molar-refractivity contribution in [2.75, 3.05) is 52.4 Å². The monoisotopic (exact) mass is 472 g/mol. The van der Waals surface area contributed by atoms with Crippen molar-refractivity contribution in [2.45, 2.75) is 50.1 Å². The van der Waals surface area contributed by atoms with Crippen molar-refractivity contribution in [3.63, 3.8) is 0 Å². The smallest absolute Gasteiger partial charge is 0.235 e. The minimum Gasteiger partial charge on any atom is -0.373 e. The third-order valence-electron chi connectivity index (χ3n) is 9.50. The highest BCUT2D eigenvalue weighted by Crippen LogP contribution is 2.49. The van der Waals surface area contributed by atoms with Crippen LogP contribution in [0.3, 0.4) is 0 Å². The molecule has 10 nitrogen and oxygen atoms in total. The molecule has 7 aliphatic heterocycles. The zero-order chi connectivity index (χ0) is 23.1. The van der Waals surface area contributed by atoms with E-state index in [1.54, 1.807) is 0 Å². The molecule has 0 aliphatic carbocycles. The molecule has 8 atom stereocenters. The lowest BCUT2D eigenvalue weighted by Gasteiger charge is -2.35. The summed E-state index contributed by atoms with van der Waals surface area (Å²) < 4.78 is 11.6. The van der Waals surface area contributed by atoms with E-state index in [9.17, 15) is 19.2 Å². The highest BCUT2D eigenvalue weighted by molar-refractivity contribution is 6.07.